The monoisotopic (exact) mass is 1580 g/mol. The van der Waals surface area contributed by atoms with Crippen molar-refractivity contribution in [3.05, 3.63) is 504 Å². The fourth-order valence-electron chi connectivity index (χ4n) is 23.3. The summed E-state index contributed by atoms with van der Waals surface area (Å²) in [5, 5.41) is 7.00. The molecule has 0 saturated carbocycles. The smallest absolute Gasteiger partial charge is 0.0714 e. The van der Waals surface area contributed by atoms with E-state index in [0.717, 1.165) is 66.8 Å². The van der Waals surface area contributed by atoms with Gasteiger partial charge in [0.2, 0.25) is 0 Å². The Morgan fingerprint density at radius 1 is 0.169 bits per heavy atom. The average Bonchev–Trinajstić information content (AvgIpc) is 1.47. The molecule has 0 radical (unpaired) electrons. The van der Waals surface area contributed by atoms with E-state index in [0.29, 0.717) is 0 Å². The summed E-state index contributed by atoms with van der Waals surface area (Å²) in [4.78, 5) is 0. The third kappa shape index (κ3) is 10.1. The molecule has 0 fully saturated rings. The van der Waals surface area contributed by atoms with Crippen molar-refractivity contribution < 1.29 is 0 Å². The maximum Gasteiger partial charge on any atom is 0.0714 e. The molecule has 4 aliphatic rings. The molecular formula is C122H84N2. The first-order valence-electron chi connectivity index (χ1n) is 43.7. The van der Waals surface area contributed by atoms with Crippen molar-refractivity contribution in [1.29, 1.82) is 0 Å². The van der Waals surface area contributed by atoms with Gasteiger partial charge >= 0.3 is 0 Å². The summed E-state index contributed by atoms with van der Waals surface area (Å²) in [6.45, 7) is 9.74. The van der Waals surface area contributed by atoms with Gasteiger partial charge in [-0.1, -0.05) is 404 Å². The number of rotatable bonds is 12. The van der Waals surface area contributed by atoms with Gasteiger partial charge < -0.3 is 9.13 Å². The largest absolute Gasteiger partial charge is 0.309 e. The van der Waals surface area contributed by atoms with Crippen LogP contribution in [0.5, 0.6) is 0 Å². The summed E-state index contributed by atoms with van der Waals surface area (Å²) in [6, 6.07) is 167. The Bertz CT molecular complexity index is 7420. The molecule has 0 spiro atoms. The maximum atomic E-state index is 2.66. The molecule has 19 aromatic carbocycles. The van der Waals surface area contributed by atoms with Crippen LogP contribution in [0.2, 0.25) is 0 Å². The summed E-state index contributed by atoms with van der Waals surface area (Å²) in [5.74, 6) is 0. The third-order valence-electron chi connectivity index (χ3n) is 28.7. The molecule has 124 heavy (non-hydrogen) atoms. The molecule has 2 heterocycles. The topological polar surface area (TPSA) is 9.86 Å². The van der Waals surface area contributed by atoms with Crippen LogP contribution in [0.15, 0.2) is 437 Å². The molecule has 2 nitrogen and oxygen atoms in total. The lowest BCUT2D eigenvalue weighted by atomic mass is 9.67. The van der Waals surface area contributed by atoms with Gasteiger partial charge in [0, 0.05) is 44.1 Å². The Labute approximate surface area is 723 Å². The normalized spacial score (nSPS) is 14.2. The lowest BCUT2D eigenvalue weighted by Crippen LogP contribution is -2.28. The first kappa shape index (κ1) is 71.7. The molecule has 0 unspecified atom stereocenters. The van der Waals surface area contributed by atoms with Gasteiger partial charge in [0.15, 0.2) is 0 Å². The van der Waals surface area contributed by atoms with Gasteiger partial charge in [-0.15, -0.1) is 0 Å². The van der Waals surface area contributed by atoms with E-state index in [1.54, 1.807) is 0 Å². The van der Waals surface area contributed by atoms with Crippen LogP contribution in [-0.4, -0.2) is 9.13 Å². The predicted octanol–water partition coefficient (Wildman–Crippen LogP) is 31.2. The van der Waals surface area contributed by atoms with E-state index in [9.17, 15) is 0 Å². The molecule has 2 heteroatoms. The first-order chi connectivity index (χ1) is 61.1. The lowest BCUT2D eigenvalue weighted by molar-refractivity contribution is 0.660. The van der Waals surface area contributed by atoms with Crippen molar-refractivity contribution in [3.63, 3.8) is 0 Å². The van der Waals surface area contributed by atoms with Crippen LogP contribution in [0.3, 0.4) is 0 Å². The van der Waals surface area contributed by atoms with Crippen LogP contribution in [0.4, 0.5) is 0 Å². The van der Waals surface area contributed by atoms with E-state index in [-0.39, 0.29) is 10.8 Å². The standard InChI is InChI=1S/C122H84N2/c1-119(2)103-57-33-29-53-89(103)93-65-61-81(69-107(93)119)113-97-73-101-112(124(117(79-41-17-7-18-42-79)115(101)77-37-13-5-14-38-77)88-64-68-96-92-56-32-36-60-106(92)122(110(96)72-88,85-49-25-11-26-50-85)86-51-27-12-28-52-86)76-100(97)114(82-62-66-94-90-54-30-34-58-104(90)120(3,4)108(94)70-82)98-74-102-111(75-99(98)113)123(118(80-43-19-8-20-44-80)116(102)78-39-15-6-16-40-78)87-63-67-95-91-55-31-35-59-105(91)121(109(95)71-87,83-45-21-9-22-46-83)84-47-23-10-24-48-84/h5-76H,1-4H3. The number of fused-ring (bicyclic) bond motifs is 16. The SMILES string of the molecule is CC1(C)c2ccccc2-c2ccc(-c3c4cc5c(-c6ccccc6)c(-c6ccccc6)n(-c6ccc7c(c6)C(c6ccccc6)(c6ccccc6)c6ccccc6-7)c5cc4c(-c4ccc5c(c4)C(C)(C)c4ccccc4-5)c4cc5c(-c6ccccc6)c(-c6ccccc6)n(-c6ccc7c(c6)C(c6ccccc6)(c6ccccc6)c6ccccc6-7)c5cc34)cc21. The summed E-state index contributed by atoms with van der Waals surface area (Å²) >= 11 is 0. The van der Waals surface area contributed by atoms with Crippen molar-refractivity contribution >= 4 is 43.4 Å². The van der Waals surface area contributed by atoms with Crippen molar-refractivity contribution in [2.75, 3.05) is 0 Å². The van der Waals surface area contributed by atoms with Crippen molar-refractivity contribution in [2.45, 2.75) is 49.4 Å². The van der Waals surface area contributed by atoms with Gasteiger partial charge in [0.1, 0.15) is 0 Å². The molecule has 0 saturated heterocycles. The van der Waals surface area contributed by atoms with Crippen LogP contribution in [0.25, 0.3) is 166 Å². The molecule has 0 atom stereocenters. The predicted molar refractivity (Wildman–Crippen MR) is 517 cm³/mol. The highest BCUT2D eigenvalue weighted by Crippen LogP contribution is 2.62. The summed E-state index contributed by atoms with van der Waals surface area (Å²) < 4.78 is 5.31. The van der Waals surface area contributed by atoms with Gasteiger partial charge in [0.05, 0.1) is 33.3 Å². The van der Waals surface area contributed by atoms with Crippen molar-refractivity contribution in [3.8, 4) is 123 Å². The first-order valence-corrected chi connectivity index (χ1v) is 43.7. The Hall–Kier alpha value is -15.2. The van der Waals surface area contributed by atoms with Crippen LogP contribution < -0.4 is 0 Å². The third-order valence-corrected chi connectivity index (χ3v) is 28.7. The molecule has 2 aromatic heterocycles. The Morgan fingerprint density at radius 2 is 0.427 bits per heavy atom. The second-order valence-corrected chi connectivity index (χ2v) is 35.5. The highest BCUT2D eigenvalue weighted by molar-refractivity contribution is 6.28. The summed E-state index contributed by atoms with van der Waals surface area (Å²) in [7, 11) is 0. The number of benzene rings is 19. The fourth-order valence-corrected chi connectivity index (χ4v) is 23.3. The molecule has 0 N–H and O–H groups in total. The molecule has 0 aliphatic heterocycles. The minimum atomic E-state index is -0.659. The van der Waals surface area contributed by atoms with Crippen LogP contribution >= 0.6 is 0 Å². The molecule has 0 amide bonds. The van der Waals surface area contributed by atoms with E-state index in [1.165, 1.54) is 166 Å². The number of hydrogen-bond acceptors (Lipinski definition) is 0. The van der Waals surface area contributed by atoms with Gasteiger partial charge in [-0.3, -0.25) is 0 Å². The Balaban J connectivity index is 0.877. The van der Waals surface area contributed by atoms with Crippen LogP contribution in [0.1, 0.15) is 94.5 Å². The van der Waals surface area contributed by atoms with E-state index in [1.807, 2.05) is 0 Å². The maximum absolute atomic E-state index is 2.66. The number of aromatic nitrogens is 2. The molecule has 582 valence electrons. The Morgan fingerprint density at radius 3 is 0.766 bits per heavy atom. The zero-order chi connectivity index (χ0) is 82.3. The van der Waals surface area contributed by atoms with Gasteiger partial charge in [-0.25, -0.2) is 0 Å². The van der Waals surface area contributed by atoms with Crippen LogP contribution in [-0.2, 0) is 21.7 Å². The highest BCUT2D eigenvalue weighted by atomic mass is 15.0. The molecule has 4 aliphatic carbocycles. The van der Waals surface area contributed by atoms with Crippen molar-refractivity contribution in [1.82, 2.24) is 9.13 Å². The van der Waals surface area contributed by atoms with E-state index in [4.69, 9.17) is 0 Å². The lowest BCUT2D eigenvalue weighted by Gasteiger charge is -2.34. The zero-order valence-electron chi connectivity index (χ0n) is 69.5. The van der Waals surface area contributed by atoms with Gasteiger partial charge in [-0.05, 0) is 238 Å². The molecular weight excluding hydrogens is 1490 g/mol. The van der Waals surface area contributed by atoms with E-state index in [2.05, 4.69) is 474 Å². The number of hydrogen-bond donors (Lipinski definition) is 0. The van der Waals surface area contributed by atoms with Gasteiger partial charge in [-0.2, -0.15) is 0 Å². The minimum absolute atomic E-state index is 0.313. The Kier molecular flexibility index (Phi) is 15.7. The quantitative estimate of drug-likeness (QED) is 0.108. The summed E-state index contributed by atoms with van der Waals surface area (Å²) in [5.41, 5.74) is 41.7. The fraction of sp³-hybridized carbons (Fsp3) is 0.0656. The second kappa shape index (κ2) is 27.1. The average molecular weight is 1580 g/mol. The van der Waals surface area contributed by atoms with Crippen molar-refractivity contribution in [2.24, 2.45) is 0 Å². The molecule has 21 aromatic rings. The second-order valence-electron chi connectivity index (χ2n) is 35.5. The highest BCUT2D eigenvalue weighted by Gasteiger charge is 2.49. The number of nitrogens with zero attached hydrogens (tertiary/aromatic N) is 2. The molecule has 0 bridgehead atoms. The van der Waals surface area contributed by atoms with Gasteiger partial charge in [0.25, 0.3) is 0 Å². The summed E-state index contributed by atoms with van der Waals surface area (Å²) in [6.07, 6.45) is 0. The zero-order valence-corrected chi connectivity index (χ0v) is 69.5. The van der Waals surface area contributed by atoms with E-state index >= 15 is 0 Å². The van der Waals surface area contributed by atoms with E-state index < -0.39 is 10.8 Å². The minimum Gasteiger partial charge on any atom is -0.309 e. The molecule has 25 rings (SSSR count). The van der Waals surface area contributed by atoms with Crippen LogP contribution in [0, 0.1) is 0 Å².